The first-order valence-corrected chi connectivity index (χ1v) is 6.57. The number of ether oxygens (including phenoxy) is 2. The van der Waals surface area contributed by atoms with Gasteiger partial charge in [0.1, 0.15) is 11.4 Å². The van der Waals surface area contributed by atoms with Gasteiger partial charge in [-0.1, -0.05) is 18.7 Å². The van der Waals surface area contributed by atoms with Crippen molar-refractivity contribution in [3.8, 4) is 11.5 Å². The van der Waals surface area contributed by atoms with E-state index in [1.165, 1.54) is 11.8 Å². The Bertz CT molecular complexity index is 436. The Kier molecular flexibility index (Phi) is 5.80. The summed E-state index contributed by atoms with van der Waals surface area (Å²) < 4.78 is 10.6. The van der Waals surface area contributed by atoms with Crippen LogP contribution in [0, 0.1) is 0 Å². The molecule has 0 amide bonds. The third-order valence-corrected chi connectivity index (χ3v) is 3.02. The van der Waals surface area contributed by atoms with Gasteiger partial charge in [-0.15, -0.1) is 0 Å². The van der Waals surface area contributed by atoms with E-state index in [4.69, 9.17) is 20.9 Å². The lowest BCUT2D eigenvalue weighted by Crippen LogP contribution is -2.07. The van der Waals surface area contributed by atoms with Crippen LogP contribution in [0.25, 0.3) is 0 Å². The fraction of sp³-hybridized carbons (Fsp3) is 0.417. The summed E-state index contributed by atoms with van der Waals surface area (Å²) in [4.78, 5) is 4.32. The van der Waals surface area contributed by atoms with Crippen molar-refractivity contribution in [1.29, 1.82) is 0 Å². The van der Waals surface area contributed by atoms with Crippen LogP contribution < -0.4 is 20.9 Å². The zero-order valence-corrected chi connectivity index (χ0v) is 11.7. The third kappa shape index (κ3) is 3.30. The lowest BCUT2D eigenvalue weighted by atomic mass is 10.1. The average Bonchev–Trinajstić information content (AvgIpc) is 2.38. The van der Waals surface area contributed by atoms with Crippen molar-refractivity contribution in [1.82, 2.24) is 0 Å². The molecule has 1 aromatic rings. The summed E-state index contributed by atoms with van der Waals surface area (Å²) in [6, 6.07) is 3.62. The monoisotopic (exact) mass is 269 g/mol. The maximum Gasteiger partial charge on any atom is 0.159 e. The average molecular weight is 269 g/mol. The second kappa shape index (κ2) is 7.13. The second-order valence-electron chi connectivity index (χ2n) is 3.39. The molecule has 6 heteroatoms. The fourth-order valence-corrected chi connectivity index (χ4v) is 2.06. The van der Waals surface area contributed by atoms with E-state index in [-0.39, 0.29) is 0 Å². The fourth-order valence-electron chi connectivity index (χ4n) is 1.60. The standard InChI is InChI=1S/C12H19N3O2S/c1-4-18-12(14)15-9-5-6-10(16-2)8(7-13)11(9)17-3/h5-6H,4,7,13H2,1-3H3,(H2,14,15). The van der Waals surface area contributed by atoms with Gasteiger partial charge in [-0.25, -0.2) is 4.99 Å². The molecule has 0 heterocycles. The van der Waals surface area contributed by atoms with Gasteiger partial charge in [-0.05, 0) is 17.9 Å². The van der Waals surface area contributed by atoms with E-state index < -0.39 is 0 Å². The van der Waals surface area contributed by atoms with Gasteiger partial charge in [0.25, 0.3) is 0 Å². The van der Waals surface area contributed by atoms with Crippen LogP contribution in [0.4, 0.5) is 5.69 Å². The lowest BCUT2D eigenvalue weighted by Gasteiger charge is -2.13. The van der Waals surface area contributed by atoms with E-state index in [1.807, 2.05) is 13.0 Å². The van der Waals surface area contributed by atoms with Crippen LogP contribution in [0.1, 0.15) is 12.5 Å². The van der Waals surface area contributed by atoms with E-state index in [0.29, 0.717) is 28.9 Å². The molecule has 0 saturated carbocycles. The number of amidine groups is 1. The minimum Gasteiger partial charge on any atom is -0.496 e. The Hall–Kier alpha value is -1.40. The first kappa shape index (κ1) is 14.7. The molecule has 100 valence electrons. The number of hydrogen-bond acceptors (Lipinski definition) is 5. The van der Waals surface area contributed by atoms with Crippen LogP contribution in [0.5, 0.6) is 11.5 Å². The lowest BCUT2D eigenvalue weighted by molar-refractivity contribution is 0.386. The van der Waals surface area contributed by atoms with Gasteiger partial charge in [0.15, 0.2) is 10.9 Å². The van der Waals surface area contributed by atoms with Crippen molar-refractivity contribution in [3.05, 3.63) is 17.7 Å². The smallest absolute Gasteiger partial charge is 0.159 e. The predicted molar refractivity (Wildman–Crippen MR) is 76.9 cm³/mol. The molecule has 0 aliphatic carbocycles. The van der Waals surface area contributed by atoms with Gasteiger partial charge in [0, 0.05) is 6.54 Å². The van der Waals surface area contributed by atoms with Crippen molar-refractivity contribution >= 4 is 22.6 Å². The quantitative estimate of drug-likeness (QED) is 0.629. The summed E-state index contributed by atoms with van der Waals surface area (Å²) >= 11 is 1.48. The maximum atomic E-state index is 5.80. The Morgan fingerprint density at radius 1 is 1.33 bits per heavy atom. The number of hydrogen-bond donors (Lipinski definition) is 2. The Labute approximate surface area is 112 Å². The summed E-state index contributed by atoms with van der Waals surface area (Å²) in [5.74, 6) is 2.17. The molecule has 0 atom stereocenters. The molecule has 0 bridgehead atoms. The molecule has 0 aliphatic heterocycles. The minimum absolute atomic E-state index is 0.316. The van der Waals surface area contributed by atoms with Crippen LogP contribution in [-0.4, -0.2) is 25.1 Å². The third-order valence-electron chi connectivity index (χ3n) is 2.35. The van der Waals surface area contributed by atoms with Gasteiger partial charge in [0.05, 0.1) is 19.8 Å². The SMILES string of the molecule is CCSC(N)=Nc1ccc(OC)c(CN)c1OC. The van der Waals surface area contributed by atoms with Crippen LogP contribution in [-0.2, 0) is 6.54 Å². The minimum atomic E-state index is 0.316. The predicted octanol–water partition coefficient (Wildman–Crippen LogP) is 1.86. The molecular formula is C12H19N3O2S. The van der Waals surface area contributed by atoms with E-state index in [9.17, 15) is 0 Å². The Balaban J connectivity index is 3.24. The molecule has 0 spiro atoms. The van der Waals surface area contributed by atoms with Gasteiger partial charge < -0.3 is 20.9 Å². The molecule has 1 aromatic carbocycles. The molecule has 18 heavy (non-hydrogen) atoms. The molecule has 0 aliphatic rings. The number of rotatable bonds is 5. The summed E-state index contributed by atoms with van der Waals surface area (Å²) in [6.07, 6.45) is 0. The van der Waals surface area contributed by atoms with Crippen molar-refractivity contribution in [2.75, 3.05) is 20.0 Å². The van der Waals surface area contributed by atoms with Gasteiger partial charge in [-0.2, -0.15) is 0 Å². The molecule has 5 nitrogen and oxygen atoms in total. The maximum absolute atomic E-state index is 5.80. The van der Waals surface area contributed by atoms with E-state index in [2.05, 4.69) is 4.99 Å². The highest BCUT2D eigenvalue weighted by Crippen LogP contribution is 2.37. The first-order valence-electron chi connectivity index (χ1n) is 5.58. The van der Waals surface area contributed by atoms with Crippen molar-refractivity contribution < 1.29 is 9.47 Å². The highest BCUT2D eigenvalue weighted by atomic mass is 32.2. The summed E-state index contributed by atoms with van der Waals surface area (Å²) in [5.41, 5.74) is 13.0. The number of benzene rings is 1. The van der Waals surface area contributed by atoms with Gasteiger partial charge in [-0.3, -0.25) is 0 Å². The summed E-state index contributed by atoms with van der Waals surface area (Å²) in [7, 11) is 3.17. The van der Waals surface area contributed by atoms with E-state index in [1.54, 1.807) is 20.3 Å². The Morgan fingerprint density at radius 2 is 2.06 bits per heavy atom. The molecule has 1 rings (SSSR count). The van der Waals surface area contributed by atoms with Crippen LogP contribution in [0.2, 0.25) is 0 Å². The normalized spacial score (nSPS) is 11.4. The number of thioether (sulfide) groups is 1. The van der Waals surface area contributed by atoms with Gasteiger partial charge >= 0.3 is 0 Å². The molecule has 4 N–H and O–H groups in total. The number of nitrogens with zero attached hydrogens (tertiary/aromatic N) is 1. The summed E-state index contributed by atoms with van der Waals surface area (Å²) in [6.45, 7) is 2.33. The van der Waals surface area contributed by atoms with Crippen molar-refractivity contribution in [2.24, 2.45) is 16.5 Å². The van der Waals surface area contributed by atoms with Crippen LogP contribution in [0.3, 0.4) is 0 Å². The second-order valence-corrected chi connectivity index (χ2v) is 4.67. The number of nitrogens with two attached hydrogens (primary N) is 2. The number of aliphatic imine (C=N–C) groups is 1. The largest absolute Gasteiger partial charge is 0.496 e. The highest BCUT2D eigenvalue weighted by Gasteiger charge is 2.13. The molecule has 0 saturated heterocycles. The van der Waals surface area contributed by atoms with Crippen molar-refractivity contribution in [2.45, 2.75) is 13.5 Å². The Morgan fingerprint density at radius 3 is 2.56 bits per heavy atom. The summed E-state index contributed by atoms with van der Waals surface area (Å²) in [5, 5.41) is 0.504. The number of methoxy groups -OCH3 is 2. The van der Waals surface area contributed by atoms with E-state index in [0.717, 1.165) is 11.3 Å². The zero-order valence-electron chi connectivity index (χ0n) is 10.9. The molecule has 0 radical (unpaired) electrons. The first-order chi connectivity index (χ1) is 8.67. The van der Waals surface area contributed by atoms with Crippen molar-refractivity contribution in [3.63, 3.8) is 0 Å². The molecular weight excluding hydrogens is 250 g/mol. The molecule has 0 fully saturated rings. The topological polar surface area (TPSA) is 82.9 Å². The molecule has 0 unspecified atom stereocenters. The van der Waals surface area contributed by atoms with Crippen LogP contribution >= 0.6 is 11.8 Å². The van der Waals surface area contributed by atoms with Gasteiger partial charge in [0.2, 0.25) is 0 Å². The molecule has 0 aromatic heterocycles. The van der Waals surface area contributed by atoms with E-state index >= 15 is 0 Å². The van der Waals surface area contributed by atoms with Crippen LogP contribution in [0.15, 0.2) is 17.1 Å². The highest BCUT2D eigenvalue weighted by molar-refractivity contribution is 8.13. The zero-order chi connectivity index (χ0) is 13.5.